The van der Waals surface area contributed by atoms with Crippen molar-refractivity contribution in [1.82, 2.24) is 10.3 Å². The van der Waals surface area contributed by atoms with E-state index in [0.717, 1.165) is 25.2 Å². The van der Waals surface area contributed by atoms with Crippen molar-refractivity contribution in [3.8, 4) is 5.75 Å². The van der Waals surface area contributed by atoms with Crippen molar-refractivity contribution in [3.63, 3.8) is 0 Å². The SMILES string of the molecule is NCCNCCc1cccc(C(=O)c2ccccc2O)n1. The van der Waals surface area contributed by atoms with Gasteiger partial charge in [0.25, 0.3) is 0 Å². The van der Waals surface area contributed by atoms with Gasteiger partial charge in [0.15, 0.2) is 0 Å². The van der Waals surface area contributed by atoms with Gasteiger partial charge in [-0.15, -0.1) is 0 Å². The van der Waals surface area contributed by atoms with E-state index in [1.807, 2.05) is 6.07 Å². The van der Waals surface area contributed by atoms with E-state index in [-0.39, 0.29) is 17.1 Å². The van der Waals surface area contributed by atoms with Gasteiger partial charge in [0.05, 0.1) is 5.56 Å². The van der Waals surface area contributed by atoms with Crippen LogP contribution in [0.3, 0.4) is 0 Å². The predicted octanol–water partition coefficient (Wildman–Crippen LogP) is 1.11. The minimum atomic E-state index is -0.273. The van der Waals surface area contributed by atoms with Crippen LogP contribution in [0.4, 0.5) is 0 Å². The predicted molar refractivity (Wildman–Crippen MR) is 81.4 cm³/mol. The highest BCUT2D eigenvalue weighted by atomic mass is 16.3. The number of carbonyl (C=O) groups excluding carboxylic acids is 1. The molecule has 21 heavy (non-hydrogen) atoms. The Hall–Kier alpha value is -2.24. The summed E-state index contributed by atoms with van der Waals surface area (Å²) in [6, 6.07) is 11.8. The third-order valence-electron chi connectivity index (χ3n) is 3.07. The second kappa shape index (κ2) is 7.52. The topological polar surface area (TPSA) is 88.2 Å². The number of para-hydroxylation sites is 1. The number of hydrogen-bond acceptors (Lipinski definition) is 5. The summed E-state index contributed by atoms with van der Waals surface area (Å²) >= 11 is 0. The molecule has 0 aliphatic rings. The number of carbonyl (C=O) groups is 1. The minimum absolute atomic E-state index is 0.0284. The summed E-state index contributed by atoms with van der Waals surface area (Å²) in [6.07, 6.45) is 0.724. The first kappa shape index (κ1) is 15.2. The normalized spacial score (nSPS) is 10.5. The molecule has 0 atom stereocenters. The quantitative estimate of drug-likeness (QED) is 0.524. The van der Waals surface area contributed by atoms with Crippen LogP contribution in [0, 0.1) is 0 Å². The fourth-order valence-electron chi connectivity index (χ4n) is 1.99. The second-order valence-corrected chi connectivity index (χ2v) is 4.65. The van der Waals surface area contributed by atoms with Gasteiger partial charge in [-0.3, -0.25) is 4.79 Å². The third kappa shape index (κ3) is 4.11. The standard InChI is InChI=1S/C16H19N3O2/c17-9-11-18-10-8-12-4-3-6-14(19-12)16(21)13-5-1-2-7-15(13)20/h1-7,18,20H,8-11,17H2. The van der Waals surface area contributed by atoms with Crippen molar-refractivity contribution in [2.24, 2.45) is 5.73 Å². The molecule has 0 unspecified atom stereocenters. The lowest BCUT2D eigenvalue weighted by atomic mass is 10.1. The number of nitrogens with two attached hydrogens (primary N) is 1. The van der Waals surface area contributed by atoms with E-state index in [0.29, 0.717) is 12.2 Å². The van der Waals surface area contributed by atoms with Crippen LogP contribution in [0.1, 0.15) is 21.7 Å². The fourth-order valence-corrected chi connectivity index (χ4v) is 1.99. The molecule has 0 bridgehead atoms. The van der Waals surface area contributed by atoms with Gasteiger partial charge >= 0.3 is 0 Å². The van der Waals surface area contributed by atoms with Crippen LogP contribution in [0.2, 0.25) is 0 Å². The molecule has 0 saturated carbocycles. The third-order valence-corrected chi connectivity index (χ3v) is 3.07. The number of benzene rings is 1. The number of nitrogens with one attached hydrogen (secondary N) is 1. The lowest BCUT2D eigenvalue weighted by molar-refractivity contribution is 0.103. The van der Waals surface area contributed by atoms with Gasteiger partial charge in [-0.2, -0.15) is 0 Å². The number of ketones is 1. The van der Waals surface area contributed by atoms with Crippen LogP contribution in [0.15, 0.2) is 42.5 Å². The number of nitrogens with zero attached hydrogens (tertiary/aromatic N) is 1. The molecule has 1 heterocycles. The van der Waals surface area contributed by atoms with Crippen LogP contribution in [0.5, 0.6) is 5.75 Å². The Kier molecular flexibility index (Phi) is 5.43. The molecule has 0 saturated heterocycles. The van der Waals surface area contributed by atoms with Crippen molar-refractivity contribution in [2.45, 2.75) is 6.42 Å². The lowest BCUT2D eigenvalue weighted by Gasteiger charge is -2.06. The zero-order valence-electron chi connectivity index (χ0n) is 11.7. The maximum atomic E-state index is 12.3. The van der Waals surface area contributed by atoms with Crippen LogP contribution < -0.4 is 11.1 Å². The highest BCUT2D eigenvalue weighted by molar-refractivity contribution is 6.09. The molecule has 0 fully saturated rings. The van der Waals surface area contributed by atoms with E-state index in [9.17, 15) is 9.90 Å². The first-order valence-electron chi connectivity index (χ1n) is 6.92. The molecule has 0 aliphatic carbocycles. The van der Waals surface area contributed by atoms with Gasteiger partial charge in [0.2, 0.25) is 5.78 Å². The summed E-state index contributed by atoms with van der Waals surface area (Å²) in [4.78, 5) is 16.7. The Morgan fingerprint density at radius 1 is 1.14 bits per heavy atom. The molecule has 110 valence electrons. The van der Waals surface area contributed by atoms with Gasteiger partial charge in [0.1, 0.15) is 11.4 Å². The van der Waals surface area contributed by atoms with Crippen molar-refractivity contribution >= 4 is 5.78 Å². The van der Waals surface area contributed by atoms with Crippen LogP contribution in [-0.4, -0.2) is 35.5 Å². The molecule has 1 aromatic carbocycles. The first-order valence-corrected chi connectivity index (χ1v) is 6.92. The minimum Gasteiger partial charge on any atom is -0.507 e. The van der Waals surface area contributed by atoms with Crippen molar-refractivity contribution in [2.75, 3.05) is 19.6 Å². The van der Waals surface area contributed by atoms with E-state index in [2.05, 4.69) is 10.3 Å². The first-order chi connectivity index (χ1) is 10.2. The summed E-state index contributed by atoms with van der Waals surface area (Å²) in [6.45, 7) is 2.12. The van der Waals surface area contributed by atoms with Gasteiger partial charge < -0.3 is 16.2 Å². The Bertz CT molecular complexity index is 614. The number of phenols is 1. The van der Waals surface area contributed by atoms with Gasteiger partial charge in [0, 0.05) is 31.7 Å². The molecular weight excluding hydrogens is 266 g/mol. The van der Waals surface area contributed by atoms with E-state index in [1.54, 1.807) is 30.3 Å². The molecular formula is C16H19N3O2. The number of phenolic OH excluding ortho intramolecular Hbond substituents is 1. The van der Waals surface area contributed by atoms with Gasteiger partial charge in [-0.05, 0) is 24.3 Å². The highest BCUT2D eigenvalue weighted by Crippen LogP contribution is 2.19. The van der Waals surface area contributed by atoms with Gasteiger partial charge in [-0.25, -0.2) is 4.98 Å². The lowest BCUT2D eigenvalue weighted by Crippen LogP contribution is -2.24. The van der Waals surface area contributed by atoms with E-state index < -0.39 is 0 Å². The summed E-state index contributed by atoms with van der Waals surface area (Å²) in [5.74, 6) is -0.302. The van der Waals surface area contributed by atoms with E-state index >= 15 is 0 Å². The van der Waals surface area contributed by atoms with E-state index in [1.165, 1.54) is 6.07 Å². The van der Waals surface area contributed by atoms with Crippen LogP contribution in [0.25, 0.3) is 0 Å². The number of rotatable bonds is 7. The molecule has 2 aromatic rings. The second-order valence-electron chi connectivity index (χ2n) is 4.65. The monoisotopic (exact) mass is 285 g/mol. The molecule has 5 heteroatoms. The Labute approximate surface area is 123 Å². The Morgan fingerprint density at radius 2 is 1.95 bits per heavy atom. The summed E-state index contributed by atoms with van der Waals surface area (Å²) < 4.78 is 0. The van der Waals surface area contributed by atoms with E-state index in [4.69, 9.17) is 5.73 Å². The highest BCUT2D eigenvalue weighted by Gasteiger charge is 2.14. The van der Waals surface area contributed by atoms with Crippen molar-refractivity contribution in [1.29, 1.82) is 0 Å². The smallest absolute Gasteiger partial charge is 0.215 e. The number of aromatic nitrogens is 1. The Balaban J connectivity index is 2.10. The maximum Gasteiger partial charge on any atom is 0.215 e. The summed E-state index contributed by atoms with van der Waals surface area (Å²) in [7, 11) is 0. The largest absolute Gasteiger partial charge is 0.507 e. The molecule has 0 spiro atoms. The average molecular weight is 285 g/mol. The zero-order valence-corrected chi connectivity index (χ0v) is 11.7. The number of hydrogen-bond donors (Lipinski definition) is 3. The fraction of sp³-hybridized carbons (Fsp3) is 0.250. The summed E-state index contributed by atoms with van der Waals surface area (Å²) in [5, 5.41) is 12.9. The van der Waals surface area contributed by atoms with Crippen molar-refractivity contribution in [3.05, 3.63) is 59.4 Å². The summed E-state index contributed by atoms with van der Waals surface area (Å²) in [5.41, 5.74) is 6.85. The molecule has 0 amide bonds. The Morgan fingerprint density at radius 3 is 2.71 bits per heavy atom. The zero-order chi connectivity index (χ0) is 15.1. The number of aromatic hydroxyl groups is 1. The molecule has 5 nitrogen and oxygen atoms in total. The maximum absolute atomic E-state index is 12.3. The molecule has 0 radical (unpaired) electrons. The molecule has 0 aliphatic heterocycles. The average Bonchev–Trinajstić information content (AvgIpc) is 2.52. The molecule has 2 rings (SSSR count). The van der Waals surface area contributed by atoms with Crippen LogP contribution in [-0.2, 0) is 6.42 Å². The number of pyridine rings is 1. The molecule has 4 N–H and O–H groups in total. The molecule has 1 aromatic heterocycles. The van der Waals surface area contributed by atoms with Gasteiger partial charge in [-0.1, -0.05) is 18.2 Å². The van der Waals surface area contributed by atoms with Crippen molar-refractivity contribution < 1.29 is 9.90 Å². The van der Waals surface area contributed by atoms with Crippen LogP contribution >= 0.6 is 0 Å².